The van der Waals surface area contributed by atoms with Gasteiger partial charge < -0.3 is 5.11 Å². The molecule has 3 nitrogen and oxygen atoms in total. The molecule has 2 aliphatic rings. The zero-order valence-corrected chi connectivity index (χ0v) is 12.2. The Bertz CT molecular complexity index is 492. The molecule has 4 heteroatoms. The van der Waals surface area contributed by atoms with Crippen LogP contribution in [0.3, 0.4) is 0 Å². The summed E-state index contributed by atoms with van der Waals surface area (Å²) >= 11 is 5.94. The molecule has 0 radical (unpaired) electrons. The molecule has 0 saturated heterocycles. The maximum absolute atomic E-state index is 12.1. The molecule has 2 fully saturated rings. The SMILES string of the molecule is O=C(O)C(NC1CCCC1)(c1ccc(Cl)cc1)C1CC1. The molecule has 0 aliphatic heterocycles. The highest BCUT2D eigenvalue weighted by Crippen LogP contribution is 2.47. The first kappa shape index (κ1) is 13.9. The fourth-order valence-corrected chi connectivity index (χ4v) is 3.54. The summed E-state index contributed by atoms with van der Waals surface area (Å²) in [4.78, 5) is 12.1. The fourth-order valence-electron chi connectivity index (χ4n) is 3.42. The number of carboxylic acid groups (broad SMARTS) is 1. The minimum atomic E-state index is -0.931. The van der Waals surface area contributed by atoms with Crippen LogP contribution in [0.2, 0.25) is 5.02 Å². The molecule has 0 aromatic heterocycles. The highest BCUT2D eigenvalue weighted by Gasteiger charge is 2.53. The third-order valence-corrected chi connectivity index (χ3v) is 4.87. The standard InChI is InChI=1S/C16H20ClNO2/c17-13-9-7-12(8-10-13)16(15(19)20,11-5-6-11)18-14-3-1-2-4-14/h7-11,14,18H,1-6H2,(H,19,20). The zero-order chi connectivity index (χ0) is 14.2. The van der Waals surface area contributed by atoms with Gasteiger partial charge in [0, 0.05) is 11.1 Å². The number of nitrogens with one attached hydrogen (secondary N) is 1. The Labute approximate surface area is 124 Å². The van der Waals surface area contributed by atoms with Gasteiger partial charge >= 0.3 is 5.97 Å². The van der Waals surface area contributed by atoms with Crippen molar-refractivity contribution in [2.45, 2.75) is 50.1 Å². The van der Waals surface area contributed by atoms with Gasteiger partial charge in [-0.3, -0.25) is 5.32 Å². The third kappa shape index (κ3) is 2.45. The van der Waals surface area contributed by atoms with E-state index in [0.717, 1.165) is 31.2 Å². The molecule has 1 unspecified atom stereocenters. The predicted molar refractivity (Wildman–Crippen MR) is 78.9 cm³/mol. The van der Waals surface area contributed by atoms with E-state index in [2.05, 4.69) is 5.32 Å². The lowest BCUT2D eigenvalue weighted by molar-refractivity contribution is -0.147. The quantitative estimate of drug-likeness (QED) is 0.873. The van der Waals surface area contributed by atoms with Crippen molar-refractivity contribution in [2.24, 2.45) is 5.92 Å². The first-order valence-corrected chi connectivity index (χ1v) is 7.78. The molecule has 0 bridgehead atoms. The summed E-state index contributed by atoms with van der Waals surface area (Å²) < 4.78 is 0. The van der Waals surface area contributed by atoms with Gasteiger partial charge in [-0.1, -0.05) is 36.6 Å². The van der Waals surface area contributed by atoms with Gasteiger partial charge in [0.2, 0.25) is 0 Å². The lowest BCUT2D eigenvalue weighted by Crippen LogP contribution is -2.54. The average molecular weight is 294 g/mol. The number of carboxylic acids is 1. The summed E-state index contributed by atoms with van der Waals surface area (Å²) in [6.07, 6.45) is 6.51. The summed E-state index contributed by atoms with van der Waals surface area (Å²) in [6.45, 7) is 0. The Hall–Kier alpha value is -1.06. The first-order valence-electron chi connectivity index (χ1n) is 7.40. The molecule has 2 aliphatic carbocycles. The normalized spacial score (nSPS) is 22.6. The predicted octanol–water partition coefficient (Wildman–Crippen LogP) is 3.56. The van der Waals surface area contributed by atoms with Gasteiger partial charge in [-0.2, -0.15) is 0 Å². The Morgan fingerprint density at radius 2 is 1.75 bits per heavy atom. The summed E-state index contributed by atoms with van der Waals surface area (Å²) in [6, 6.07) is 7.61. The molecule has 2 saturated carbocycles. The fraction of sp³-hybridized carbons (Fsp3) is 0.562. The van der Waals surface area contributed by atoms with Gasteiger partial charge in [-0.25, -0.2) is 4.79 Å². The van der Waals surface area contributed by atoms with Gasteiger partial charge in [-0.15, -0.1) is 0 Å². The van der Waals surface area contributed by atoms with Crippen LogP contribution in [-0.2, 0) is 10.3 Å². The van der Waals surface area contributed by atoms with Gasteiger partial charge in [0.15, 0.2) is 0 Å². The van der Waals surface area contributed by atoms with Crippen LogP contribution >= 0.6 is 11.6 Å². The average Bonchev–Trinajstić information content (AvgIpc) is 3.15. The maximum Gasteiger partial charge on any atom is 0.328 e. The molecule has 0 heterocycles. The second kappa shape index (κ2) is 5.38. The van der Waals surface area contributed by atoms with Gasteiger partial charge in [0.05, 0.1) is 0 Å². The van der Waals surface area contributed by atoms with Crippen molar-refractivity contribution in [1.82, 2.24) is 5.32 Å². The van der Waals surface area contributed by atoms with Crippen LogP contribution in [0.1, 0.15) is 44.1 Å². The number of rotatable bonds is 5. The first-order chi connectivity index (χ1) is 9.63. The maximum atomic E-state index is 12.1. The van der Waals surface area contributed by atoms with Crippen molar-refractivity contribution < 1.29 is 9.90 Å². The van der Waals surface area contributed by atoms with Crippen LogP contribution < -0.4 is 5.32 Å². The van der Waals surface area contributed by atoms with E-state index < -0.39 is 11.5 Å². The minimum Gasteiger partial charge on any atom is -0.480 e. The number of hydrogen-bond donors (Lipinski definition) is 2. The Kier molecular flexibility index (Phi) is 3.74. The van der Waals surface area contributed by atoms with E-state index in [1.807, 2.05) is 12.1 Å². The molecule has 1 atom stereocenters. The molecular weight excluding hydrogens is 274 g/mol. The zero-order valence-electron chi connectivity index (χ0n) is 11.4. The summed E-state index contributed by atoms with van der Waals surface area (Å²) in [7, 11) is 0. The molecule has 0 amide bonds. The molecule has 2 N–H and O–H groups in total. The van der Waals surface area contributed by atoms with Crippen molar-refractivity contribution in [3.05, 3.63) is 34.9 Å². The molecule has 108 valence electrons. The van der Waals surface area contributed by atoms with Crippen molar-refractivity contribution in [1.29, 1.82) is 0 Å². The summed E-state index contributed by atoms with van der Waals surface area (Å²) in [5.74, 6) is -0.559. The number of benzene rings is 1. The molecule has 3 rings (SSSR count). The Morgan fingerprint density at radius 1 is 1.15 bits per heavy atom. The Morgan fingerprint density at radius 3 is 2.25 bits per heavy atom. The van der Waals surface area contributed by atoms with E-state index in [9.17, 15) is 9.90 Å². The minimum absolute atomic E-state index is 0.196. The van der Waals surface area contributed by atoms with E-state index in [-0.39, 0.29) is 5.92 Å². The topological polar surface area (TPSA) is 49.3 Å². The monoisotopic (exact) mass is 293 g/mol. The van der Waals surface area contributed by atoms with Crippen LogP contribution in [0.25, 0.3) is 0 Å². The summed E-state index contributed by atoms with van der Waals surface area (Å²) in [5.41, 5.74) is -0.0941. The van der Waals surface area contributed by atoms with Gasteiger partial charge in [-0.05, 0) is 49.3 Å². The lowest BCUT2D eigenvalue weighted by Gasteiger charge is -2.34. The highest BCUT2D eigenvalue weighted by molar-refractivity contribution is 6.30. The lowest BCUT2D eigenvalue weighted by atomic mass is 9.84. The number of aliphatic carboxylic acids is 1. The third-order valence-electron chi connectivity index (χ3n) is 4.61. The van der Waals surface area contributed by atoms with E-state index in [1.54, 1.807) is 12.1 Å². The molecule has 1 aromatic carbocycles. The second-order valence-corrected chi connectivity index (χ2v) is 6.46. The van der Waals surface area contributed by atoms with Crippen molar-refractivity contribution in [3.63, 3.8) is 0 Å². The van der Waals surface area contributed by atoms with Crippen molar-refractivity contribution in [2.75, 3.05) is 0 Å². The van der Waals surface area contributed by atoms with Crippen molar-refractivity contribution >= 4 is 17.6 Å². The van der Waals surface area contributed by atoms with Crippen LogP contribution in [-0.4, -0.2) is 17.1 Å². The highest BCUT2D eigenvalue weighted by atomic mass is 35.5. The van der Waals surface area contributed by atoms with Crippen molar-refractivity contribution in [3.8, 4) is 0 Å². The van der Waals surface area contributed by atoms with E-state index in [4.69, 9.17) is 11.6 Å². The van der Waals surface area contributed by atoms with E-state index >= 15 is 0 Å². The van der Waals surface area contributed by atoms with Gasteiger partial charge in [0.25, 0.3) is 0 Å². The number of hydrogen-bond acceptors (Lipinski definition) is 2. The molecule has 1 aromatic rings. The second-order valence-electron chi connectivity index (χ2n) is 6.02. The van der Waals surface area contributed by atoms with Crippen LogP contribution in [0.5, 0.6) is 0 Å². The molecular formula is C16H20ClNO2. The summed E-state index contributed by atoms with van der Waals surface area (Å²) in [5, 5.41) is 14.0. The Balaban J connectivity index is 1.96. The number of halogens is 1. The van der Waals surface area contributed by atoms with Crippen LogP contribution in [0, 0.1) is 5.92 Å². The van der Waals surface area contributed by atoms with E-state index in [1.165, 1.54) is 12.8 Å². The molecule has 0 spiro atoms. The largest absolute Gasteiger partial charge is 0.480 e. The smallest absolute Gasteiger partial charge is 0.328 e. The molecule has 20 heavy (non-hydrogen) atoms. The van der Waals surface area contributed by atoms with Gasteiger partial charge in [0.1, 0.15) is 5.54 Å². The van der Waals surface area contributed by atoms with Crippen LogP contribution in [0.15, 0.2) is 24.3 Å². The number of carbonyl (C=O) groups is 1. The van der Waals surface area contributed by atoms with Crippen LogP contribution in [0.4, 0.5) is 0 Å². The van der Waals surface area contributed by atoms with E-state index in [0.29, 0.717) is 11.1 Å².